The Morgan fingerprint density at radius 2 is 2.05 bits per heavy atom. The van der Waals surface area contributed by atoms with E-state index >= 15 is 0 Å². The van der Waals surface area contributed by atoms with Crippen LogP contribution in [0.2, 0.25) is 0 Å². The average molecular weight is 525 g/mol. The summed E-state index contributed by atoms with van der Waals surface area (Å²) in [5.74, 6) is -0.0128. The third kappa shape index (κ3) is 4.40. The Bertz CT molecular complexity index is 637. The molecule has 1 saturated heterocycles. The van der Waals surface area contributed by atoms with E-state index in [2.05, 4.69) is 45.4 Å². The number of carbonyl (C=O) groups excluding carboxylic acids is 1. The second-order valence-corrected chi connectivity index (χ2v) is 11.1. The van der Waals surface area contributed by atoms with Gasteiger partial charge in [0.15, 0.2) is 0 Å². The molecule has 1 fully saturated rings. The summed E-state index contributed by atoms with van der Waals surface area (Å²) in [4.78, 5) is 13.4. The quantitative estimate of drug-likeness (QED) is 0.252. The standard InChI is InChI=1S/C15H15I2N2OS/c1-9(18-14-8-17-14)19-15(20)11-4-2-10(3-5-11)12-6-7-13(16)21-12/h2-7,9,14,18H,8H2,1H3,(H,19,20)/q-1/t9-,14?/m1/s1. The monoisotopic (exact) mass is 525 g/mol. The Balaban J connectivity index is 1.64. The minimum atomic E-state index is -0.0128. The molecule has 2 atom stereocenters. The summed E-state index contributed by atoms with van der Waals surface area (Å²) in [6, 6.07) is 12.0. The van der Waals surface area contributed by atoms with Crippen LogP contribution in [0.1, 0.15) is 17.3 Å². The van der Waals surface area contributed by atoms with E-state index in [1.54, 1.807) is 11.3 Å². The summed E-state index contributed by atoms with van der Waals surface area (Å²) in [6.07, 6.45) is 0.0447. The fraction of sp³-hybridized carbons (Fsp3) is 0.267. The molecule has 2 heterocycles. The Labute approximate surface area is 152 Å². The molecule has 112 valence electrons. The van der Waals surface area contributed by atoms with Gasteiger partial charge < -0.3 is 0 Å². The van der Waals surface area contributed by atoms with Crippen LogP contribution in [0.3, 0.4) is 0 Å². The Kier molecular flexibility index (Phi) is 5.18. The topological polar surface area (TPSA) is 41.1 Å². The maximum absolute atomic E-state index is 12.2. The van der Waals surface area contributed by atoms with Crippen molar-refractivity contribution in [2.24, 2.45) is 0 Å². The molecule has 0 radical (unpaired) electrons. The SMILES string of the molecule is C[C@@H](NC(=O)c1ccc(-c2ccc(I)s2)cc1)NC1C[I-]1. The van der Waals surface area contributed by atoms with E-state index in [1.165, 1.54) is 12.2 Å². The molecule has 3 rings (SSSR count). The molecule has 21 heavy (non-hydrogen) atoms. The Morgan fingerprint density at radius 1 is 1.33 bits per heavy atom. The van der Waals surface area contributed by atoms with Gasteiger partial charge in [0, 0.05) is 0 Å². The van der Waals surface area contributed by atoms with Crippen LogP contribution in [0, 0.1) is 2.88 Å². The van der Waals surface area contributed by atoms with E-state index in [0.717, 1.165) is 5.56 Å². The molecule has 2 N–H and O–H groups in total. The number of hydrogen-bond acceptors (Lipinski definition) is 3. The second-order valence-electron chi connectivity index (χ2n) is 4.82. The van der Waals surface area contributed by atoms with Crippen LogP contribution in [-0.4, -0.2) is 20.5 Å². The van der Waals surface area contributed by atoms with Gasteiger partial charge >= 0.3 is 131 Å². The van der Waals surface area contributed by atoms with Crippen LogP contribution in [-0.2, 0) is 0 Å². The first-order valence-corrected chi connectivity index (χ1v) is 11.3. The molecule has 0 aliphatic carbocycles. The molecular weight excluding hydrogens is 510 g/mol. The van der Waals surface area contributed by atoms with Crippen molar-refractivity contribution in [1.82, 2.24) is 10.6 Å². The second kappa shape index (κ2) is 6.93. The minimum absolute atomic E-state index is 0.0128. The van der Waals surface area contributed by atoms with E-state index in [-0.39, 0.29) is 12.1 Å². The van der Waals surface area contributed by atoms with Crippen LogP contribution in [0.25, 0.3) is 10.4 Å². The number of hydrogen-bond donors (Lipinski definition) is 2. The van der Waals surface area contributed by atoms with Crippen molar-refractivity contribution in [3.8, 4) is 10.4 Å². The van der Waals surface area contributed by atoms with Gasteiger partial charge in [-0.3, -0.25) is 0 Å². The summed E-state index contributed by atoms with van der Waals surface area (Å²) >= 11 is 4.45. The first kappa shape index (κ1) is 15.7. The van der Waals surface area contributed by atoms with Gasteiger partial charge in [-0.1, -0.05) is 0 Å². The zero-order valence-electron chi connectivity index (χ0n) is 11.4. The molecule has 1 amide bonds. The number of halogens is 2. The molecule has 3 nitrogen and oxygen atoms in total. The van der Waals surface area contributed by atoms with Crippen LogP contribution in [0.15, 0.2) is 36.4 Å². The zero-order valence-corrected chi connectivity index (χ0v) is 16.5. The Morgan fingerprint density at radius 3 is 2.62 bits per heavy atom. The van der Waals surface area contributed by atoms with Gasteiger partial charge in [0.05, 0.1) is 0 Å². The van der Waals surface area contributed by atoms with Crippen molar-refractivity contribution in [2.75, 3.05) is 4.43 Å². The van der Waals surface area contributed by atoms with Crippen molar-refractivity contribution in [3.05, 3.63) is 44.8 Å². The fourth-order valence-electron chi connectivity index (χ4n) is 1.98. The molecule has 1 aromatic carbocycles. The first-order valence-electron chi connectivity index (χ1n) is 6.62. The predicted octanol–water partition coefficient (Wildman–Crippen LogP) is 0.114. The van der Waals surface area contributed by atoms with E-state index < -0.39 is 0 Å². The molecule has 0 spiro atoms. The molecule has 1 aromatic heterocycles. The maximum atomic E-state index is 12.2. The van der Waals surface area contributed by atoms with Crippen LogP contribution < -0.4 is 31.8 Å². The van der Waals surface area contributed by atoms with Crippen LogP contribution in [0.4, 0.5) is 0 Å². The van der Waals surface area contributed by atoms with E-state index in [4.69, 9.17) is 0 Å². The van der Waals surface area contributed by atoms with E-state index in [0.29, 0.717) is 30.8 Å². The van der Waals surface area contributed by atoms with Gasteiger partial charge in [0.25, 0.3) is 0 Å². The Hall–Kier alpha value is -0.190. The summed E-state index contributed by atoms with van der Waals surface area (Å²) in [5.41, 5.74) is 1.87. The number of carbonyl (C=O) groups is 1. The predicted molar refractivity (Wildman–Crippen MR) is 91.2 cm³/mol. The molecule has 0 bridgehead atoms. The number of nitrogens with one attached hydrogen (secondary N) is 2. The average Bonchev–Trinajstić information content (AvgIpc) is 3.17. The van der Waals surface area contributed by atoms with Crippen LogP contribution >= 0.6 is 33.9 Å². The van der Waals surface area contributed by atoms with Gasteiger partial charge in [-0.25, -0.2) is 0 Å². The van der Waals surface area contributed by atoms with Gasteiger partial charge in [-0.2, -0.15) is 0 Å². The molecular formula is C15H15I2N2OS-. The fourth-order valence-corrected chi connectivity index (χ4v) is 4.91. The van der Waals surface area contributed by atoms with Crippen molar-refractivity contribution in [2.45, 2.75) is 17.1 Å². The number of benzene rings is 1. The van der Waals surface area contributed by atoms with Gasteiger partial charge in [0.2, 0.25) is 0 Å². The zero-order chi connectivity index (χ0) is 14.8. The number of thiophene rings is 1. The van der Waals surface area contributed by atoms with Crippen molar-refractivity contribution < 1.29 is 26.0 Å². The third-order valence-corrected chi connectivity index (χ3v) is 7.16. The summed E-state index contributed by atoms with van der Waals surface area (Å²) < 4.78 is 3.29. The van der Waals surface area contributed by atoms with Crippen molar-refractivity contribution in [3.63, 3.8) is 0 Å². The molecule has 2 aromatic rings. The van der Waals surface area contributed by atoms with Gasteiger partial charge in [0.1, 0.15) is 0 Å². The molecule has 1 aliphatic rings. The number of rotatable bonds is 5. The van der Waals surface area contributed by atoms with Gasteiger partial charge in [-0.05, 0) is 22.6 Å². The van der Waals surface area contributed by atoms with E-state index in [9.17, 15) is 4.79 Å². The first-order chi connectivity index (χ1) is 10.1. The van der Waals surface area contributed by atoms with Gasteiger partial charge in [-0.15, -0.1) is 0 Å². The summed E-state index contributed by atoms with van der Waals surface area (Å²) in [7, 11) is 0. The summed E-state index contributed by atoms with van der Waals surface area (Å²) in [6.45, 7) is 2.00. The molecule has 1 unspecified atom stereocenters. The summed E-state index contributed by atoms with van der Waals surface area (Å²) in [5, 5.41) is 6.41. The molecule has 6 heteroatoms. The van der Waals surface area contributed by atoms with Crippen molar-refractivity contribution in [1.29, 1.82) is 0 Å². The van der Waals surface area contributed by atoms with E-state index in [1.807, 2.05) is 31.2 Å². The number of amides is 1. The molecule has 1 aliphatic heterocycles. The third-order valence-electron chi connectivity index (χ3n) is 3.09. The molecule has 0 saturated carbocycles. The normalized spacial score (nSPS) is 18.7. The van der Waals surface area contributed by atoms with Crippen molar-refractivity contribution >= 4 is 39.8 Å². The van der Waals surface area contributed by atoms with Crippen LogP contribution in [0.5, 0.6) is 0 Å². The number of alkyl halides is 2.